The van der Waals surface area contributed by atoms with E-state index in [1.165, 1.54) is 27.7 Å². The van der Waals surface area contributed by atoms with Gasteiger partial charge < -0.3 is 4.90 Å². The van der Waals surface area contributed by atoms with Crippen LogP contribution in [0.1, 0.15) is 47.7 Å². The van der Waals surface area contributed by atoms with E-state index in [0.29, 0.717) is 0 Å². The fourth-order valence-corrected chi connectivity index (χ4v) is 4.89. The Labute approximate surface area is 159 Å². The monoisotopic (exact) mass is 358 g/mol. The van der Waals surface area contributed by atoms with Gasteiger partial charge in [-0.15, -0.1) is 6.58 Å². The molecule has 3 heterocycles. The predicted octanol–water partition coefficient (Wildman–Crippen LogP) is 5.75. The van der Waals surface area contributed by atoms with Crippen molar-refractivity contribution >= 4 is 16.6 Å². The lowest BCUT2D eigenvalue weighted by molar-refractivity contribution is 0.509. The highest BCUT2D eigenvalue weighted by Crippen LogP contribution is 2.46. The van der Waals surface area contributed by atoms with E-state index in [0.717, 1.165) is 66.0 Å². The standard InChI is InChI=1S/C24H23FN2/c1-5-7-16-10-22-24-19(12-27(22)15(4)13(16)2)18-9-6-8-17-14(3)20(25)11-21(26-24)23(17)18/h5,10-11H,1,4,6-9,12H2,2-3H3. The van der Waals surface area contributed by atoms with Gasteiger partial charge in [-0.05, 0) is 73.4 Å². The van der Waals surface area contributed by atoms with Gasteiger partial charge in [0.05, 0.1) is 23.5 Å². The molecule has 0 saturated carbocycles. The maximum atomic E-state index is 14.5. The zero-order valence-corrected chi connectivity index (χ0v) is 16.0. The van der Waals surface area contributed by atoms with Crippen LogP contribution >= 0.6 is 0 Å². The number of nitrogens with zero attached hydrogens (tertiary/aromatic N) is 2. The molecule has 0 bridgehead atoms. The van der Waals surface area contributed by atoms with Crippen LogP contribution in [0.4, 0.5) is 4.39 Å². The number of hydrogen-bond acceptors (Lipinski definition) is 2. The fourth-order valence-electron chi connectivity index (χ4n) is 4.89. The Kier molecular flexibility index (Phi) is 3.45. The van der Waals surface area contributed by atoms with Crippen molar-refractivity contribution in [2.45, 2.75) is 46.1 Å². The summed E-state index contributed by atoms with van der Waals surface area (Å²) in [4.78, 5) is 7.23. The number of rotatable bonds is 2. The Morgan fingerprint density at radius 3 is 2.78 bits per heavy atom. The molecule has 0 radical (unpaired) electrons. The molecule has 3 heteroatoms. The number of benzene rings is 1. The first-order valence-electron chi connectivity index (χ1n) is 9.64. The van der Waals surface area contributed by atoms with E-state index in [9.17, 15) is 4.39 Å². The van der Waals surface area contributed by atoms with Crippen molar-refractivity contribution in [3.8, 4) is 0 Å². The van der Waals surface area contributed by atoms with Crippen molar-refractivity contribution in [3.63, 3.8) is 0 Å². The van der Waals surface area contributed by atoms with Crippen LogP contribution in [0.2, 0.25) is 0 Å². The SMILES string of the molecule is C=CCC1=C(C)C(=C)N2Cc3c(nc4cc(F)c(C)c5c4c3CCC5)C2=C1. The first kappa shape index (κ1) is 16.5. The zero-order chi connectivity index (χ0) is 18.9. The van der Waals surface area contributed by atoms with Crippen molar-refractivity contribution < 1.29 is 4.39 Å². The molecule has 3 aliphatic rings. The number of fused-ring (bicyclic) bond motifs is 4. The predicted molar refractivity (Wildman–Crippen MR) is 109 cm³/mol. The number of hydrogen-bond donors (Lipinski definition) is 0. The van der Waals surface area contributed by atoms with Gasteiger partial charge in [-0.2, -0.15) is 0 Å². The second-order valence-corrected chi connectivity index (χ2v) is 7.83. The lowest BCUT2D eigenvalue weighted by atomic mass is 9.85. The molecular formula is C24H23FN2. The average Bonchev–Trinajstić information content (AvgIpc) is 3.03. The quantitative estimate of drug-likeness (QED) is 0.636. The molecule has 1 aromatic heterocycles. The van der Waals surface area contributed by atoms with Gasteiger partial charge in [0.1, 0.15) is 5.82 Å². The molecule has 5 rings (SSSR count). The largest absolute Gasteiger partial charge is 0.335 e. The first-order chi connectivity index (χ1) is 13.0. The van der Waals surface area contributed by atoms with Crippen molar-refractivity contribution in [3.05, 3.63) is 82.0 Å². The van der Waals surface area contributed by atoms with Gasteiger partial charge in [-0.25, -0.2) is 9.37 Å². The van der Waals surface area contributed by atoms with Crippen LogP contribution < -0.4 is 0 Å². The summed E-state index contributed by atoms with van der Waals surface area (Å²) in [5, 5.41) is 1.20. The van der Waals surface area contributed by atoms with Gasteiger partial charge in [-0.3, -0.25) is 0 Å². The van der Waals surface area contributed by atoms with E-state index >= 15 is 0 Å². The number of allylic oxidation sites excluding steroid dienone is 4. The van der Waals surface area contributed by atoms with E-state index in [1.807, 2.05) is 13.0 Å². The average molecular weight is 358 g/mol. The normalized spacial score (nSPS) is 18.0. The van der Waals surface area contributed by atoms with Crippen LogP contribution in [0.5, 0.6) is 0 Å². The minimum Gasteiger partial charge on any atom is -0.335 e. The van der Waals surface area contributed by atoms with Crippen LogP contribution in [-0.2, 0) is 19.4 Å². The highest BCUT2D eigenvalue weighted by atomic mass is 19.1. The second kappa shape index (κ2) is 5.66. The molecular weight excluding hydrogens is 335 g/mol. The van der Waals surface area contributed by atoms with Gasteiger partial charge in [0.15, 0.2) is 0 Å². The summed E-state index contributed by atoms with van der Waals surface area (Å²) in [7, 11) is 0. The third-order valence-corrected chi connectivity index (χ3v) is 6.44. The van der Waals surface area contributed by atoms with Crippen LogP contribution in [0.3, 0.4) is 0 Å². The van der Waals surface area contributed by atoms with Gasteiger partial charge in [0.25, 0.3) is 0 Å². The molecule has 2 aliphatic heterocycles. The number of halogens is 1. The molecule has 0 amide bonds. The summed E-state index contributed by atoms with van der Waals surface area (Å²) >= 11 is 0. The molecule has 0 saturated heterocycles. The minimum atomic E-state index is -0.141. The maximum Gasteiger partial charge on any atom is 0.128 e. The molecule has 1 aromatic carbocycles. The van der Waals surface area contributed by atoms with Crippen molar-refractivity contribution in [1.29, 1.82) is 0 Å². The van der Waals surface area contributed by atoms with E-state index < -0.39 is 0 Å². The van der Waals surface area contributed by atoms with E-state index in [1.54, 1.807) is 6.07 Å². The molecule has 136 valence electrons. The van der Waals surface area contributed by atoms with Crippen LogP contribution in [0.15, 0.2) is 48.2 Å². The topological polar surface area (TPSA) is 16.1 Å². The first-order valence-corrected chi connectivity index (χ1v) is 9.64. The molecule has 2 aromatic rings. The molecule has 0 atom stereocenters. The summed E-state index contributed by atoms with van der Waals surface area (Å²) in [6, 6.07) is 1.62. The van der Waals surface area contributed by atoms with E-state index in [4.69, 9.17) is 4.98 Å². The van der Waals surface area contributed by atoms with Crippen LogP contribution in [0, 0.1) is 12.7 Å². The molecule has 0 spiro atoms. The zero-order valence-electron chi connectivity index (χ0n) is 16.0. The van der Waals surface area contributed by atoms with E-state index in [2.05, 4.69) is 31.1 Å². The second-order valence-electron chi connectivity index (χ2n) is 7.83. The molecule has 0 N–H and O–H groups in total. The highest BCUT2D eigenvalue weighted by molar-refractivity contribution is 5.92. The summed E-state index contributed by atoms with van der Waals surface area (Å²) in [6.45, 7) is 13.1. The summed E-state index contributed by atoms with van der Waals surface area (Å²) in [5.74, 6) is -0.141. The van der Waals surface area contributed by atoms with Crippen molar-refractivity contribution in [1.82, 2.24) is 9.88 Å². The third kappa shape index (κ3) is 2.14. The Bertz CT molecular complexity index is 1120. The number of aryl methyl sites for hydroxylation is 2. The van der Waals surface area contributed by atoms with Gasteiger partial charge >= 0.3 is 0 Å². The Morgan fingerprint density at radius 1 is 1.22 bits per heavy atom. The van der Waals surface area contributed by atoms with Crippen molar-refractivity contribution in [2.75, 3.05) is 0 Å². The maximum absolute atomic E-state index is 14.5. The Balaban J connectivity index is 1.81. The van der Waals surface area contributed by atoms with Crippen LogP contribution in [0.25, 0.3) is 16.6 Å². The molecule has 0 fully saturated rings. The summed E-state index contributed by atoms with van der Waals surface area (Å²) in [6.07, 6.45) is 8.02. The molecule has 27 heavy (non-hydrogen) atoms. The van der Waals surface area contributed by atoms with Crippen LogP contribution in [-0.4, -0.2) is 9.88 Å². The Hall–Kier alpha value is -2.68. The molecule has 1 aliphatic carbocycles. The third-order valence-electron chi connectivity index (χ3n) is 6.44. The smallest absolute Gasteiger partial charge is 0.128 e. The fraction of sp³-hybridized carbons (Fsp3) is 0.292. The van der Waals surface area contributed by atoms with Gasteiger partial charge in [-0.1, -0.05) is 12.7 Å². The van der Waals surface area contributed by atoms with Gasteiger partial charge in [0, 0.05) is 22.7 Å². The molecule has 2 nitrogen and oxygen atoms in total. The van der Waals surface area contributed by atoms with E-state index in [-0.39, 0.29) is 5.82 Å². The lowest BCUT2D eigenvalue weighted by Gasteiger charge is -2.28. The number of aromatic nitrogens is 1. The van der Waals surface area contributed by atoms with Crippen molar-refractivity contribution in [2.24, 2.45) is 0 Å². The highest BCUT2D eigenvalue weighted by Gasteiger charge is 2.35. The number of pyridine rings is 1. The Morgan fingerprint density at radius 2 is 2.00 bits per heavy atom. The molecule has 0 unspecified atom stereocenters. The lowest BCUT2D eigenvalue weighted by Crippen LogP contribution is -2.19. The minimum absolute atomic E-state index is 0.141. The summed E-state index contributed by atoms with van der Waals surface area (Å²) in [5.41, 5.74) is 11.0. The van der Waals surface area contributed by atoms with Gasteiger partial charge in [0.2, 0.25) is 0 Å². The summed E-state index contributed by atoms with van der Waals surface area (Å²) < 4.78 is 14.5.